The second kappa shape index (κ2) is 5.29. The zero-order chi connectivity index (χ0) is 13.2. The molecule has 1 saturated heterocycles. The van der Waals surface area contributed by atoms with Gasteiger partial charge in [-0.15, -0.1) is 0 Å². The molecule has 0 spiro atoms. The maximum absolute atomic E-state index is 13.6. The van der Waals surface area contributed by atoms with Gasteiger partial charge in [-0.1, -0.05) is 6.07 Å². The summed E-state index contributed by atoms with van der Waals surface area (Å²) in [5, 5.41) is 0. The first kappa shape index (κ1) is 12.6. The van der Waals surface area contributed by atoms with Gasteiger partial charge < -0.3 is 4.90 Å². The predicted octanol–water partition coefficient (Wildman–Crippen LogP) is 2.17. The van der Waals surface area contributed by atoms with Crippen LogP contribution in [0.5, 0.6) is 0 Å². The Labute approximate surface area is 113 Å². The van der Waals surface area contributed by atoms with Crippen LogP contribution in [0.25, 0.3) is 0 Å². The number of halogens is 1. The maximum Gasteiger partial charge on any atom is 0.155 e. The van der Waals surface area contributed by atoms with Crippen molar-refractivity contribution in [3.8, 4) is 0 Å². The van der Waals surface area contributed by atoms with Crippen LogP contribution < -0.4 is 4.90 Å². The van der Waals surface area contributed by atoms with E-state index in [-0.39, 0.29) is 5.56 Å². The van der Waals surface area contributed by atoms with Crippen LogP contribution in [0.4, 0.5) is 10.1 Å². The quantitative estimate of drug-likeness (QED) is 0.777. The fourth-order valence-electron chi connectivity index (χ4n) is 2.75. The second-order valence-electron chi connectivity index (χ2n) is 5.52. The lowest BCUT2D eigenvalue weighted by atomic mass is 10.1. The third-order valence-electron chi connectivity index (χ3n) is 4.07. The standard InChI is InChI=1S/C15H19FN2O/c16-14-2-1-3-15(13(14)11-19)18-8-6-17(7-9-18)10-12-4-5-12/h1-3,11-12H,4-10H2. The van der Waals surface area contributed by atoms with Crippen LogP contribution in [0.3, 0.4) is 0 Å². The van der Waals surface area contributed by atoms with Gasteiger partial charge in [0.1, 0.15) is 5.82 Å². The molecule has 1 aliphatic heterocycles. The number of hydrogen-bond acceptors (Lipinski definition) is 3. The second-order valence-corrected chi connectivity index (χ2v) is 5.52. The van der Waals surface area contributed by atoms with E-state index in [2.05, 4.69) is 9.80 Å². The summed E-state index contributed by atoms with van der Waals surface area (Å²) in [5.41, 5.74) is 0.930. The van der Waals surface area contributed by atoms with Crippen LogP contribution in [0.1, 0.15) is 23.2 Å². The van der Waals surface area contributed by atoms with Gasteiger partial charge in [-0.05, 0) is 30.9 Å². The molecule has 0 amide bonds. The first-order valence-electron chi connectivity index (χ1n) is 6.99. The van der Waals surface area contributed by atoms with Crippen LogP contribution in [-0.4, -0.2) is 43.9 Å². The monoisotopic (exact) mass is 262 g/mol. The minimum atomic E-state index is -0.423. The Bertz CT molecular complexity index is 465. The minimum absolute atomic E-state index is 0.193. The first-order chi connectivity index (χ1) is 9.28. The summed E-state index contributed by atoms with van der Waals surface area (Å²) in [6, 6.07) is 4.86. The molecular weight excluding hydrogens is 243 g/mol. The van der Waals surface area contributed by atoms with Crippen molar-refractivity contribution in [3.05, 3.63) is 29.6 Å². The molecule has 3 nitrogen and oxygen atoms in total. The Hall–Kier alpha value is -1.42. The van der Waals surface area contributed by atoms with Crippen molar-refractivity contribution in [2.24, 2.45) is 5.92 Å². The molecular formula is C15H19FN2O. The van der Waals surface area contributed by atoms with Gasteiger partial charge in [0.15, 0.2) is 6.29 Å². The summed E-state index contributed by atoms with van der Waals surface area (Å²) in [6.07, 6.45) is 3.38. The number of hydrogen-bond donors (Lipinski definition) is 0. The van der Waals surface area contributed by atoms with Crippen LogP contribution in [0.2, 0.25) is 0 Å². The number of piperazine rings is 1. The Morgan fingerprint density at radius 2 is 1.95 bits per heavy atom. The first-order valence-corrected chi connectivity index (χ1v) is 6.99. The van der Waals surface area contributed by atoms with E-state index in [1.54, 1.807) is 6.07 Å². The Kier molecular flexibility index (Phi) is 3.51. The molecule has 19 heavy (non-hydrogen) atoms. The summed E-state index contributed by atoms with van der Waals surface area (Å²) >= 11 is 0. The Morgan fingerprint density at radius 3 is 2.58 bits per heavy atom. The Balaban J connectivity index is 1.67. The maximum atomic E-state index is 13.6. The highest BCUT2D eigenvalue weighted by Crippen LogP contribution is 2.30. The lowest BCUT2D eigenvalue weighted by molar-refractivity contribution is 0.112. The van der Waals surface area contributed by atoms with Crippen molar-refractivity contribution in [1.29, 1.82) is 0 Å². The van der Waals surface area contributed by atoms with Gasteiger partial charge in [-0.25, -0.2) is 4.39 Å². The Morgan fingerprint density at radius 1 is 1.21 bits per heavy atom. The topological polar surface area (TPSA) is 23.6 Å². The van der Waals surface area contributed by atoms with Gasteiger partial charge in [-0.2, -0.15) is 0 Å². The molecule has 0 radical (unpaired) electrons. The van der Waals surface area contributed by atoms with Gasteiger partial charge in [0.2, 0.25) is 0 Å². The molecule has 0 aromatic heterocycles. The lowest BCUT2D eigenvalue weighted by Crippen LogP contribution is -2.47. The molecule has 0 atom stereocenters. The molecule has 1 aliphatic carbocycles. The van der Waals surface area contributed by atoms with Gasteiger partial charge in [0, 0.05) is 32.7 Å². The molecule has 3 rings (SSSR count). The van der Waals surface area contributed by atoms with Crippen molar-refractivity contribution < 1.29 is 9.18 Å². The normalized spacial score (nSPS) is 20.6. The molecule has 1 saturated carbocycles. The number of anilines is 1. The van der Waals surface area contributed by atoms with E-state index in [9.17, 15) is 9.18 Å². The summed E-state index contributed by atoms with van der Waals surface area (Å²) in [5.74, 6) is 0.485. The zero-order valence-corrected chi connectivity index (χ0v) is 11.0. The highest BCUT2D eigenvalue weighted by atomic mass is 19.1. The number of carbonyl (C=O) groups is 1. The van der Waals surface area contributed by atoms with Crippen LogP contribution in [0, 0.1) is 11.7 Å². The molecule has 0 unspecified atom stereocenters. The van der Waals surface area contributed by atoms with E-state index in [1.807, 2.05) is 6.07 Å². The highest BCUT2D eigenvalue weighted by molar-refractivity contribution is 5.85. The average molecular weight is 262 g/mol. The SMILES string of the molecule is O=Cc1c(F)cccc1N1CCN(CC2CC2)CC1. The third-order valence-corrected chi connectivity index (χ3v) is 4.07. The third kappa shape index (κ3) is 2.78. The average Bonchev–Trinajstić information content (AvgIpc) is 3.23. The molecule has 2 aliphatic rings. The molecule has 102 valence electrons. The van der Waals surface area contributed by atoms with Gasteiger partial charge in [-0.3, -0.25) is 9.69 Å². The molecule has 1 aromatic carbocycles. The van der Waals surface area contributed by atoms with Crippen molar-refractivity contribution in [2.75, 3.05) is 37.6 Å². The largest absolute Gasteiger partial charge is 0.368 e. The van der Waals surface area contributed by atoms with E-state index in [0.29, 0.717) is 6.29 Å². The number of carbonyl (C=O) groups excluding carboxylic acids is 1. The van der Waals surface area contributed by atoms with Gasteiger partial charge in [0.05, 0.1) is 11.3 Å². The smallest absolute Gasteiger partial charge is 0.155 e. The van der Waals surface area contributed by atoms with Crippen LogP contribution in [-0.2, 0) is 0 Å². The molecule has 1 heterocycles. The van der Waals surface area contributed by atoms with E-state index >= 15 is 0 Å². The highest BCUT2D eigenvalue weighted by Gasteiger charge is 2.27. The van der Waals surface area contributed by atoms with Crippen LogP contribution in [0.15, 0.2) is 18.2 Å². The summed E-state index contributed by atoms with van der Waals surface area (Å²) < 4.78 is 13.6. The zero-order valence-electron chi connectivity index (χ0n) is 11.0. The molecule has 0 N–H and O–H groups in total. The van der Waals surface area contributed by atoms with E-state index in [4.69, 9.17) is 0 Å². The fraction of sp³-hybridized carbons (Fsp3) is 0.533. The van der Waals surface area contributed by atoms with Gasteiger partial charge in [0.25, 0.3) is 0 Å². The summed E-state index contributed by atoms with van der Waals surface area (Å²) in [7, 11) is 0. The van der Waals surface area contributed by atoms with Crippen molar-refractivity contribution >= 4 is 12.0 Å². The summed E-state index contributed by atoms with van der Waals surface area (Å²) in [6.45, 7) is 4.96. The number of benzene rings is 1. The number of nitrogens with zero attached hydrogens (tertiary/aromatic N) is 2. The molecule has 4 heteroatoms. The summed E-state index contributed by atoms with van der Waals surface area (Å²) in [4.78, 5) is 15.6. The molecule has 2 fully saturated rings. The van der Waals surface area contributed by atoms with Gasteiger partial charge >= 0.3 is 0 Å². The molecule has 1 aromatic rings. The van der Waals surface area contributed by atoms with E-state index < -0.39 is 5.82 Å². The van der Waals surface area contributed by atoms with E-state index in [1.165, 1.54) is 25.5 Å². The predicted molar refractivity (Wildman–Crippen MR) is 73.2 cm³/mol. The van der Waals surface area contributed by atoms with Crippen LogP contribution >= 0.6 is 0 Å². The number of rotatable bonds is 4. The minimum Gasteiger partial charge on any atom is -0.368 e. The fourth-order valence-corrected chi connectivity index (χ4v) is 2.75. The molecule has 0 bridgehead atoms. The van der Waals surface area contributed by atoms with Crippen molar-refractivity contribution in [1.82, 2.24) is 4.90 Å². The number of aldehydes is 1. The van der Waals surface area contributed by atoms with Crippen molar-refractivity contribution in [3.63, 3.8) is 0 Å². The lowest BCUT2D eigenvalue weighted by Gasteiger charge is -2.36. The van der Waals surface area contributed by atoms with Crippen molar-refractivity contribution in [2.45, 2.75) is 12.8 Å². The van der Waals surface area contributed by atoms with E-state index in [0.717, 1.165) is 37.8 Å².